The molecule has 0 aromatic rings. The van der Waals surface area contributed by atoms with Crippen molar-refractivity contribution >= 4 is 0 Å². The lowest BCUT2D eigenvalue weighted by atomic mass is 9.62. The number of unbranched alkanes of at least 4 members (excludes halogenated alkanes) is 11. The Bertz CT molecular complexity index is 740. The maximum atomic E-state index is 2.54. The molecule has 2 saturated carbocycles. The molecule has 0 aromatic heterocycles. The molecule has 0 saturated heterocycles. The summed E-state index contributed by atoms with van der Waals surface area (Å²) < 4.78 is 2.44. The van der Waals surface area contributed by atoms with Gasteiger partial charge in [-0.15, -0.1) is 0 Å². The van der Waals surface area contributed by atoms with E-state index in [1.807, 2.05) is 0 Å². The quantitative estimate of drug-likeness (QED) is 0.0765. The highest BCUT2D eigenvalue weighted by molar-refractivity contribution is 4.88. The topological polar surface area (TPSA) is 0 Å². The maximum Gasteiger partial charge on any atom is 0.0857 e. The lowest BCUT2D eigenvalue weighted by molar-refractivity contribution is -0.913. The molecule has 0 spiro atoms. The SMILES string of the molecule is CC1CCCC(C)(C)C1CCC(C)[N+](C)(C)CCCCCCCCCCCCCC[N+](C)(C)C(C)CCC1C(C)CCCC1(C)C.[Br-].[Br-]. The van der Waals surface area contributed by atoms with Crippen molar-refractivity contribution in [3.8, 4) is 0 Å². The second kappa shape index (κ2) is 23.5. The van der Waals surface area contributed by atoms with Gasteiger partial charge in [-0.05, 0) is 113 Å². The van der Waals surface area contributed by atoms with Crippen molar-refractivity contribution in [2.24, 2.45) is 34.5 Å². The van der Waals surface area contributed by atoms with Crippen LogP contribution in [0.4, 0.5) is 0 Å². The van der Waals surface area contributed by atoms with E-state index in [9.17, 15) is 0 Å². The molecule has 290 valence electrons. The Morgan fingerprint density at radius 3 is 1.04 bits per heavy atom. The van der Waals surface area contributed by atoms with Crippen LogP contribution < -0.4 is 34.0 Å². The molecule has 6 atom stereocenters. The Kier molecular flexibility index (Phi) is 24.0. The highest BCUT2D eigenvalue weighted by Crippen LogP contribution is 2.47. The predicted molar refractivity (Wildman–Crippen MR) is 207 cm³/mol. The summed E-state index contributed by atoms with van der Waals surface area (Å²) in [7, 11) is 10.0. The Balaban J connectivity index is 0.0000110. The van der Waals surface area contributed by atoms with E-state index in [1.54, 1.807) is 0 Å². The number of halogens is 2. The molecule has 2 rings (SSSR count). The first-order valence-corrected chi connectivity index (χ1v) is 21.1. The van der Waals surface area contributed by atoms with E-state index in [-0.39, 0.29) is 34.0 Å². The highest BCUT2D eigenvalue weighted by atomic mass is 79.9. The lowest BCUT2D eigenvalue weighted by Gasteiger charge is -2.44. The van der Waals surface area contributed by atoms with Gasteiger partial charge in [-0.2, -0.15) is 0 Å². The van der Waals surface area contributed by atoms with E-state index in [4.69, 9.17) is 0 Å². The van der Waals surface area contributed by atoms with Gasteiger partial charge >= 0.3 is 0 Å². The van der Waals surface area contributed by atoms with Gasteiger partial charge in [-0.3, -0.25) is 0 Å². The van der Waals surface area contributed by atoms with Crippen molar-refractivity contribution in [3.05, 3.63) is 0 Å². The van der Waals surface area contributed by atoms with Gasteiger partial charge in [0.25, 0.3) is 0 Å². The third kappa shape index (κ3) is 17.1. The molecule has 0 amide bonds. The second-order valence-corrected chi connectivity index (χ2v) is 20.0. The number of rotatable bonds is 23. The van der Waals surface area contributed by atoms with E-state index in [0.717, 1.165) is 35.8 Å². The summed E-state index contributed by atoms with van der Waals surface area (Å²) in [5, 5.41) is 0. The van der Waals surface area contributed by atoms with Crippen LogP contribution in [0.2, 0.25) is 0 Å². The summed E-state index contributed by atoms with van der Waals surface area (Å²) in [4.78, 5) is 0. The van der Waals surface area contributed by atoms with Crippen molar-refractivity contribution in [3.63, 3.8) is 0 Å². The van der Waals surface area contributed by atoms with Gasteiger partial charge in [-0.25, -0.2) is 0 Å². The van der Waals surface area contributed by atoms with Crippen molar-refractivity contribution in [1.29, 1.82) is 0 Å². The zero-order chi connectivity index (χ0) is 34.4. The second-order valence-electron chi connectivity index (χ2n) is 20.0. The standard InChI is InChI=1S/C44H90N2.2BrH/c1-37-27-25-33-43(5,6)41(37)31-29-39(3)45(9,10)35-23-21-19-17-15-13-14-16-18-20-22-24-36-46(11,12)40(4)30-32-42-38(2)28-26-34-44(42,7)8;;/h37-42H,13-36H2,1-12H3;2*1H/q+2;;/p-2. The van der Waals surface area contributed by atoms with Crippen LogP contribution in [0.15, 0.2) is 0 Å². The molecule has 6 unspecified atom stereocenters. The monoisotopic (exact) mass is 805 g/mol. The smallest absolute Gasteiger partial charge is 0.0857 e. The van der Waals surface area contributed by atoms with Crippen LogP contribution in [-0.4, -0.2) is 62.3 Å². The fourth-order valence-electron chi connectivity index (χ4n) is 10.2. The molecule has 4 heteroatoms. The van der Waals surface area contributed by atoms with Crippen LogP contribution >= 0.6 is 0 Å². The number of hydrogen-bond acceptors (Lipinski definition) is 0. The summed E-state index contributed by atoms with van der Waals surface area (Å²) in [5.41, 5.74) is 1.10. The molecular weight excluding hydrogens is 716 g/mol. The summed E-state index contributed by atoms with van der Waals surface area (Å²) in [5.74, 6) is 3.68. The fourth-order valence-corrected chi connectivity index (χ4v) is 10.2. The Morgan fingerprint density at radius 2 is 0.771 bits per heavy atom. The third-order valence-electron chi connectivity index (χ3n) is 14.7. The van der Waals surface area contributed by atoms with Crippen molar-refractivity contribution < 1.29 is 42.9 Å². The molecule has 2 aliphatic rings. The van der Waals surface area contributed by atoms with Gasteiger partial charge in [0.05, 0.1) is 53.4 Å². The Hall–Kier alpha value is 0.880. The number of nitrogens with zero attached hydrogens (tertiary/aromatic N) is 2. The van der Waals surface area contributed by atoms with Gasteiger partial charge in [0, 0.05) is 0 Å². The summed E-state index contributed by atoms with van der Waals surface area (Å²) in [6, 6.07) is 1.57. The van der Waals surface area contributed by atoms with E-state index >= 15 is 0 Å². The van der Waals surface area contributed by atoms with Crippen LogP contribution in [0.3, 0.4) is 0 Å². The van der Waals surface area contributed by atoms with Crippen molar-refractivity contribution in [1.82, 2.24) is 0 Å². The summed E-state index contributed by atoms with van der Waals surface area (Å²) in [6.07, 6.45) is 31.7. The van der Waals surface area contributed by atoms with Crippen LogP contribution in [-0.2, 0) is 0 Å². The molecule has 0 bridgehead atoms. The molecule has 2 nitrogen and oxygen atoms in total. The van der Waals surface area contributed by atoms with Gasteiger partial charge in [-0.1, -0.05) is 119 Å². The number of hydrogen-bond donors (Lipinski definition) is 0. The van der Waals surface area contributed by atoms with Crippen molar-refractivity contribution in [2.45, 2.75) is 209 Å². The van der Waals surface area contributed by atoms with Gasteiger partial charge in [0.1, 0.15) is 0 Å². The van der Waals surface area contributed by atoms with Crippen LogP contribution in [0.25, 0.3) is 0 Å². The molecule has 0 N–H and O–H groups in total. The molecular formula is C44H90Br2N2. The van der Waals surface area contributed by atoms with Crippen LogP contribution in [0, 0.1) is 34.5 Å². The Labute approximate surface area is 325 Å². The predicted octanol–water partition coefficient (Wildman–Crippen LogP) is 7.09. The summed E-state index contributed by atoms with van der Waals surface area (Å²) in [6.45, 7) is 23.0. The van der Waals surface area contributed by atoms with Crippen molar-refractivity contribution in [2.75, 3.05) is 41.3 Å². The molecule has 0 aliphatic heterocycles. The van der Waals surface area contributed by atoms with Crippen LogP contribution in [0.5, 0.6) is 0 Å². The van der Waals surface area contributed by atoms with Crippen LogP contribution in [0.1, 0.15) is 197 Å². The molecule has 2 aliphatic carbocycles. The fraction of sp³-hybridized carbons (Fsp3) is 1.00. The highest BCUT2D eigenvalue weighted by Gasteiger charge is 2.38. The zero-order valence-electron chi connectivity index (χ0n) is 35.1. The van der Waals surface area contributed by atoms with Gasteiger partial charge in [0.2, 0.25) is 0 Å². The minimum Gasteiger partial charge on any atom is -1.00 e. The van der Waals surface area contributed by atoms with Gasteiger partial charge in [0.15, 0.2) is 0 Å². The maximum absolute atomic E-state index is 2.54. The van der Waals surface area contributed by atoms with E-state index in [1.165, 1.54) is 163 Å². The minimum atomic E-state index is 0. The largest absolute Gasteiger partial charge is 1.00 e. The molecule has 48 heavy (non-hydrogen) atoms. The molecule has 0 aromatic carbocycles. The first-order valence-electron chi connectivity index (χ1n) is 21.1. The third-order valence-corrected chi connectivity index (χ3v) is 14.7. The summed E-state index contributed by atoms with van der Waals surface area (Å²) >= 11 is 0. The number of quaternary nitrogens is 2. The normalized spacial score (nSPS) is 25.5. The first-order chi connectivity index (χ1) is 21.5. The van der Waals surface area contributed by atoms with E-state index < -0.39 is 0 Å². The average molecular weight is 807 g/mol. The van der Waals surface area contributed by atoms with E-state index in [2.05, 4.69) is 83.6 Å². The average Bonchev–Trinajstić information content (AvgIpc) is 2.95. The van der Waals surface area contributed by atoms with Gasteiger partial charge < -0.3 is 42.9 Å². The molecule has 0 heterocycles. The lowest BCUT2D eigenvalue weighted by Crippen LogP contribution is -3.00. The first kappa shape index (κ1) is 48.9. The minimum absolute atomic E-state index is 0. The Morgan fingerprint density at radius 1 is 0.500 bits per heavy atom. The molecule has 0 radical (unpaired) electrons. The molecule has 2 fully saturated rings. The van der Waals surface area contributed by atoms with E-state index in [0.29, 0.717) is 10.8 Å². The zero-order valence-corrected chi connectivity index (χ0v) is 38.3.